The van der Waals surface area contributed by atoms with E-state index in [0.29, 0.717) is 6.04 Å². The summed E-state index contributed by atoms with van der Waals surface area (Å²) in [5.41, 5.74) is 0.971. The lowest BCUT2D eigenvalue weighted by molar-refractivity contribution is 0.167. The van der Waals surface area contributed by atoms with Crippen LogP contribution in [-0.4, -0.2) is 37.7 Å². The van der Waals surface area contributed by atoms with Gasteiger partial charge in [-0.05, 0) is 45.0 Å². The van der Waals surface area contributed by atoms with Gasteiger partial charge in [-0.3, -0.25) is 9.88 Å². The first-order chi connectivity index (χ1) is 9.36. The number of hydrogen-bond acceptors (Lipinski definition) is 4. The van der Waals surface area contributed by atoms with E-state index in [4.69, 9.17) is 0 Å². The van der Waals surface area contributed by atoms with Crippen LogP contribution in [0.3, 0.4) is 0 Å². The largest absolute Gasteiger partial charge is 0.294 e. The zero-order valence-electron chi connectivity index (χ0n) is 11.2. The van der Waals surface area contributed by atoms with Crippen LogP contribution in [0.1, 0.15) is 38.1 Å². The van der Waals surface area contributed by atoms with E-state index < -0.39 is 0 Å². The van der Waals surface area contributed by atoms with Crippen LogP contribution in [0.25, 0.3) is 5.69 Å². The van der Waals surface area contributed by atoms with Gasteiger partial charge in [0.05, 0.1) is 17.9 Å². The lowest BCUT2D eigenvalue weighted by Gasteiger charge is -2.31. The molecule has 0 aromatic carbocycles. The fourth-order valence-electron chi connectivity index (χ4n) is 2.68. The summed E-state index contributed by atoms with van der Waals surface area (Å²) in [5, 5.41) is 4.34. The van der Waals surface area contributed by atoms with Gasteiger partial charge in [0.1, 0.15) is 12.2 Å². The highest BCUT2D eigenvalue weighted by Crippen LogP contribution is 2.23. The fraction of sp³-hybridized carbons (Fsp3) is 0.500. The van der Waals surface area contributed by atoms with Gasteiger partial charge in [-0.1, -0.05) is 6.42 Å². The van der Waals surface area contributed by atoms with E-state index in [1.54, 1.807) is 12.5 Å². The monoisotopic (exact) mass is 257 g/mol. The Morgan fingerprint density at radius 1 is 1.21 bits per heavy atom. The van der Waals surface area contributed by atoms with Crippen LogP contribution in [0.4, 0.5) is 0 Å². The summed E-state index contributed by atoms with van der Waals surface area (Å²) >= 11 is 0. The molecule has 0 spiro atoms. The molecule has 3 rings (SSSR count). The van der Waals surface area contributed by atoms with Crippen molar-refractivity contribution in [2.75, 3.05) is 13.1 Å². The van der Waals surface area contributed by atoms with Crippen LogP contribution in [0.5, 0.6) is 0 Å². The maximum atomic E-state index is 4.45. The summed E-state index contributed by atoms with van der Waals surface area (Å²) in [6, 6.07) is 4.23. The molecule has 1 aliphatic rings. The molecule has 0 unspecified atom stereocenters. The summed E-state index contributed by atoms with van der Waals surface area (Å²) in [7, 11) is 0. The molecule has 2 aromatic rings. The maximum Gasteiger partial charge on any atom is 0.149 e. The minimum absolute atomic E-state index is 0.294. The Labute approximate surface area is 113 Å². The van der Waals surface area contributed by atoms with Crippen molar-refractivity contribution in [3.63, 3.8) is 0 Å². The minimum Gasteiger partial charge on any atom is -0.294 e. The molecule has 1 fully saturated rings. The summed E-state index contributed by atoms with van der Waals surface area (Å²) in [4.78, 5) is 11.1. The lowest BCUT2D eigenvalue weighted by atomic mass is 10.1. The van der Waals surface area contributed by atoms with Gasteiger partial charge in [0.15, 0.2) is 0 Å². The standard InChI is InChI=1S/C14H19N5/c1-12(18-8-3-2-4-9-18)14-16-11-17-19(14)13-6-5-7-15-10-13/h5-7,10-12H,2-4,8-9H2,1H3/t12-/m1/s1. The molecule has 0 N–H and O–H groups in total. The van der Waals surface area contributed by atoms with Gasteiger partial charge in [-0.2, -0.15) is 5.10 Å². The van der Waals surface area contributed by atoms with Gasteiger partial charge in [0, 0.05) is 6.20 Å². The van der Waals surface area contributed by atoms with Crippen LogP contribution in [0.15, 0.2) is 30.9 Å². The molecule has 5 nitrogen and oxygen atoms in total. The second kappa shape index (κ2) is 5.48. The number of aromatic nitrogens is 4. The summed E-state index contributed by atoms with van der Waals surface area (Å²) < 4.78 is 1.90. The second-order valence-corrected chi connectivity index (χ2v) is 5.01. The van der Waals surface area contributed by atoms with Gasteiger partial charge in [0.25, 0.3) is 0 Å². The average molecular weight is 257 g/mol. The smallest absolute Gasteiger partial charge is 0.149 e. The van der Waals surface area contributed by atoms with E-state index in [2.05, 4.69) is 26.9 Å². The average Bonchev–Trinajstić information content (AvgIpc) is 2.98. The van der Waals surface area contributed by atoms with Gasteiger partial charge in [-0.25, -0.2) is 9.67 Å². The van der Waals surface area contributed by atoms with Crippen molar-refractivity contribution in [1.82, 2.24) is 24.6 Å². The minimum atomic E-state index is 0.294. The molecule has 1 saturated heterocycles. The van der Waals surface area contributed by atoms with Crippen molar-refractivity contribution >= 4 is 0 Å². The van der Waals surface area contributed by atoms with Crippen LogP contribution in [0.2, 0.25) is 0 Å². The van der Waals surface area contributed by atoms with Crippen molar-refractivity contribution in [2.24, 2.45) is 0 Å². The second-order valence-electron chi connectivity index (χ2n) is 5.01. The molecule has 0 amide bonds. The van der Waals surface area contributed by atoms with Crippen molar-refractivity contribution in [2.45, 2.75) is 32.2 Å². The Bertz CT molecular complexity index is 516. The van der Waals surface area contributed by atoms with E-state index >= 15 is 0 Å². The topological polar surface area (TPSA) is 46.8 Å². The zero-order chi connectivity index (χ0) is 13.1. The third kappa shape index (κ3) is 2.51. The highest BCUT2D eigenvalue weighted by Gasteiger charge is 2.22. The summed E-state index contributed by atoms with van der Waals surface area (Å²) in [6.45, 7) is 4.52. The molecule has 1 atom stereocenters. The number of pyridine rings is 1. The highest BCUT2D eigenvalue weighted by molar-refractivity contribution is 5.27. The van der Waals surface area contributed by atoms with E-state index in [9.17, 15) is 0 Å². The first kappa shape index (κ1) is 12.3. The quantitative estimate of drug-likeness (QED) is 0.845. The Morgan fingerprint density at radius 3 is 2.79 bits per heavy atom. The molecule has 0 aliphatic carbocycles. The van der Waals surface area contributed by atoms with Crippen LogP contribution in [0, 0.1) is 0 Å². The molecule has 2 aromatic heterocycles. The maximum absolute atomic E-state index is 4.45. The molecular formula is C14H19N5. The SMILES string of the molecule is C[C@H](c1ncnn1-c1cccnc1)N1CCCCC1. The van der Waals surface area contributed by atoms with Crippen LogP contribution in [-0.2, 0) is 0 Å². The number of hydrogen-bond donors (Lipinski definition) is 0. The van der Waals surface area contributed by atoms with E-state index in [1.807, 2.05) is 23.0 Å². The van der Waals surface area contributed by atoms with E-state index in [-0.39, 0.29) is 0 Å². The molecule has 100 valence electrons. The van der Waals surface area contributed by atoms with E-state index in [0.717, 1.165) is 24.6 Å². The zero-order valence-corrected chi connectivity index (χ0v) is 11.2. The van der Waals surface area contributed by atoms with Gasteiger partial charge >= 0.3 is 0 Å². The number of piperidine rings is 1. The molecule has 5 heteroatoms. The number of rotatable bonds is 3. The Balaban J connectivity index is 1.87. The molecular weight excluding hydrogens is 238 g/mol. The molecule has 0 bridgehead atoms. The first-order valence-electron chi connectivity index (χ1n) is 6.90. The van der Waals surface area contributed by atoms with Gasteiger partial charge in [-0.15, -0.1) is 0 Å². The Hall–Kier alpha value is -1.75. The van der Waals surface area contributed by atoms with Crippen molar-refractivity contribution in [1.29, 1.82) is 0 Å². The predicted octanol–water partition coefficient (Wildman–Crippen LogP) is 2.21. The third-order valence-corrected chi connectivity index (χ3v) is 3.78. The van der Waals surface area contributed by atoms with Crippen molar-refractivity contribution < 1.29 is 0 Å². The summed E-state index contributed by atoms with van der Waals surface area (Å²) in [5.74, 6) is 0.995. The highest BCUT2D eigenvalue weighted by atomic mass is 15.4. The van der Waals surface area contributed by atoms with Crippen LogP contribution < -0.4 is 0 Å². The number of likely N-dealkylation sites (tertiary alicyclic amines) is 1. The number of nitrogens with zero attached hydrogens (tertiary/aromatic N) is 5. The van der Waals surface area contributed by atoms with Crippen molar-refractivity contribution in [3.05, 3.63) is 36.7 Å². The first-order valence-corrected chi connectivity index (χ1v) is 6.90. The Kier molecular flexibility index (Phi) is 3.55. The van der Waals surface area contributed by atoms with Crippen LogP contribution >= 0.6 is 0 Å². The Morgan fingerprint density at radius 2 is 2.05 bits per heavy atom. The molecule has 3 heterocycles. The normalized spacial score (nSPS) is 18.4. The molecule has 0 saturated carbocycles. The summed E-state index contributed by atoms with van der Waals surface area (Å²) in [6.07, 6.45) is 9.13. The lowest BCUT2D eigenvalue weighted by Crippen LogP contribution is -2.33. The molecule has 0 radical (unpaired) electrons. The molecule has 1 aliphatic heterocycles. The third-order valence-electron chi connectivity index (χ3n) is 3.78. The predicted molar refractivity (Wildman–Crippen MR) is 73.0 cm³/mol. The van der Waals surface area contributed by atoms with Gasteiger partial charge < -0.3 is 0 Å². The van der Waals surface area contributed by atoms with Gasteiger partial charge in [0.2, 0.25) is 0 Å². The molecule has 19 heavy (non-hydrogen) atoms. The van der Waals surface area contributed by atoms with Crippen molar-refractivity contribution in [3.8, 4) is 5.69 Å². The fourth-order valence-corrected chi connectivity index (χ4v) is 2.68. The van der Waals surface area contributed by atoms with E-state index in [1.165, 1.54) is 19.3 Å².